The largest absolute Gasteiger partial charge is 0.453 e. The molecule has 0 N–H and O–H groups in total. The fraction of sp³-hybridized carbons (Fsp3) is 0.400. The van der Waals surface area contributed by atoms with Crippen LogP contribution in [0.15, 0.2) is 24.9 Å². The average molecular weight is 336 g/mol. The van der Waals surface area contributed by atoms with Gasteiger partial charge in [-0.05, 0) is 44.3 Å². The highest BCUT2D eigenvalue weighted by molar-refractivity contribution is 6.13. The van der Waals surface area contributed by atoms with Gasteiger partial charge in [-0.2, -0.15) is 0 Å². The van der Waals surface area contributed by atoms with Crippen LogP contribution in [0, 0.1) is 5.92 Å². The molecule has 3 fully saturated rings. The number of benzene rings is 1. The zero-order chi connectivity index (χ0) is 17.0. The van der Waals surface area contributed by atoms with Crippen LogP contribution in [0.1, 0.15) is 35.2 Å². The summed E-state index contributed by atoms with van der Waals surface area (Å²) in [6, 6.07) is 3.68. The summed E-state index contributed by atoms with van der Waals surface area (Å²) in [6.07, 6.45) is 6.86. The number of Topliss-reactive ketones (excluding diaryl/α,β-unsaturated/α-hetero) is 1. The van der Waals surface area contributed by atoms with E-state index in [0.29, 0.717) is 17.4 Å². The van der Waals surface area contributed by atoms with Gasteiger partial charge in [0, 0.05) is 28.8 Å². The predicted molar refractivity (Wildman–Crippen MR) is 95.0 cm³/mol. The number of ether oxygens (including phenoxy) is 2. The average Bonchev–Trinajstić information content (AvgIpc) is 3.14. The minimum atomic E-state index is -0.0128. The topological polar surface area (TPSA) is 51.7 Å². The highest BCUT2D eigenvalue weighted by Gasteiger charge is 2.38. The summed E-state index contributed by atoms with van der Waals surface area (Å²) >= 11 is 0. The number of carbonyl (C=O) groups is 1. The Morgan fingerprint density at radius 3 is 2.88 bits per heavy atom. The lowest BCUT2D eigenvalue weighted by atomic mass is 9.80. The lowest BCUT2D eigenvalue weighted by molar-refractivity contribution is 0.0408. The number of fused-ring (bicyclic) bond motifs is 5. The van der Waals surface area contributed by atoms with Gasteiger partial charge in [0.15, 0.2) is 17.3 Å². The zero-order valence-corrected chi connectivity index (χ0v) is 14.0. The van der Waals surface area contributed by atoms with Gasteiger partial charge in [0.25, 0.3) is 0 Å². The van der Waals surface area contributed by atoms with Crippen LogP contribution in [0.2, 0.25) is 0 Å². The van der Waals surface area contributed by atoms with Crippen molar-refractivity contribution < 1.29 is 14.3 Å². The third-order valence-corrected chi connectivity index (χ3v) is 5.82. The van der Waals surface area contributed by atoms with E-state index < -0.39 is 0 Å². The van der Waals surface area contributed by atoms with E-state index in [9.17, 15) is 4.79 Å². The highest BCUT2D eigenvalue weighted by atomic mass is 16.7. The number of piperidine rings is 3. The number of hydrogen-bond donors (Lipinski definition) is 0. The lowest BCUT2D eigenvalue weighted by Gasteiger charge is -2.44. The third-order valence-electron chi connectivity index (χ3n) is 5.82. The molecule has 6 rings (SSSR count). The van der Waals surface area contributed by atoms with Crippen LogP contribution < -0.4 is 9.47 Å². The molecular formula is C20H20N2O3. The Balaban J connectivity index is 1.66. The summed E-state index contributed by atoms with van der Waals surface area (Å²) in [5.74, 6) is 2.21. The van der Waals surface area contributed by atoms with Crippen molar-refractivity contribution in [3.8, 4) is 11.5 Å². The molecule has 5 heterocycles. The molecule has 0 radical (unpaired) electrons. The van der Waals surface area contributed by atoms with Crippen LogP contribution >= 0.6 is 0 Å². The van der Waals surface area contributed by atoms with Crippen molar-refractivity contribution in [2.24, 2.45) is 5.92 Å². The Kier molecular flexibility index (Phi) is 3.31. The quantitative estimate of drug-likeness (QED) is 0.805. The molecule has 2 bridgehead atoms. The maximum absolute atomic E-state index is 13.4. The first-order valence-corrected chi connectivity index (χ1v) is 8.88. The van der Waals surface area contributed by atoms with Crippen molar-refractivity contribution in [3.05, 3.63) is 36.0 Å². The summed E-state index contributed by atoms with van der Waals surface area (Å²) in [5.41, 5.74) is 2.27. The predicted octanol–water partition coefficient (Wildman–Crippen LogP) is 3.27. The number of pyridine rings is 1. The van der Waals surface area contributed by atoms with Gasteiger partial charge in [-0.15, -0.1) is 0 Å². The molecule has 1 atom stereocenters. The van der Waals surface area contributed by atoms with Gasteiger partial charge in [0.05, 0.1) is 11.6 Å². The standard InChI is InChI=1S/C20H20N2O3/c1-2-13-18-14(19(23)16-9-12-4-7-22(16)8-5-12)3-6-21-15(18)10-17-20(13)25-11-24-17/h2-3,6,10,12,16H,1,4-5,7-9,11H2/t16-/m1/s1. The van der Waals surface area contributed by atoms with Gasteiger partial charge in [-0.25, -0.2) is 0 Å². The Bertz CT molecular complexity index is 884. The first kappa shape index (κ1) is 14.9. The molecule has 0 saturated carbocycles. The van der Waals surface area contributed by atoms with Crippen molar-refractivity contribution in [1.29, 1.82) is 0 Å². The second-order valence-electron chi connectivity index (χ2n) is 7.08. The van der Waals surface area contributed by atoms with Gasteiger partial charge in [-0.3, -0.25) is 14.7 Å². The number of hydrogen-bond acceptors (Lipinski definition) is 5. The first-order chi connectivity index (χ1) is 12.3. The number of ketones is 1. The van der Waals surface area contributed by atoms with Crippen LogP contribution in [0.3, 0.4) is 0 Å². The van der Waals surface area contributed by atoms with E-state index in [4.69, 9.17) is 9.47 Å². The van der Waals surface area contributed by atoms with Gasteiger partial charge in [0.2, 0.25) is 6.79 Å². The van der Waals surface area contributed by atoms with Crippen molar-refractivity contribution in [2.75, 3.05) is 19.9 Å². The van der Waals surface area contributed by atoms with Gasteiger partial charge >= 0.3 is 0 Å². The van der Waals surface area contributed by atoms with Gasteiger partial charge in [-0.1, -0.05) is 12.7 Å². The monoisotopic (exact) mass is 336 g/mol. The van der Waals surface area contributed by atoms with E-state index in [0.717, 1.165) is 41.5 Å². The van der Waals surface area contributed by atoms with Crippen LogP contribution in [0.25, 0.3) is 17.0 Å². The molecule has 0 amide bonds. The lowest BCUT2D eigenvalue weighted by Crippen LogP contribution is -2.52. The van der Waals surface area contributed by atoms with Crippen LogP contribution in [-0.2, 0) is 0 Å². The minimum absolute atomic E-state index is 0.0128. The molecule has 0 spiro atoms. The Labute approximate surface area is 146 Å². The normalized spacial score (nSPS) is 26.8. The van der Waals surface area contributed by atoms with Crippen molar-refractivity contribution in [3.63, 3.8) is 0 Å². The summed E-state index contributed by atoms with van der Waals surface area (Å²) in [4.78, 5) is 20.2. The fourth-order valence-corrected chi connectivity index (χ4v) is 4.53. The zero-order valence-electron chi connectivity index (χ0n) is 14.0. The number of rotatable bonds is 3. The maximum atomic E-state index is 13.4. The van der Waals surface area contributed by atoms with E-state index >= 15 is 0 Å². The molecule has 25 heavy (non-hydrogen) atoms. The Hall–Kier alpha value is -2.40. The Morgan fingerprint density at radius 2 is 2.16 bits per heavy atom. The van der Waals surface area contributed by atoms with Crippen LogP contribution in [0.5, 0.6) is 11.5 Å². The van der Waals surface area contributed by atoms with Crippen LogP contribution in [0.4, 0.5) is 0 Å². The highest BCUT2D eigenvalue weighted by Crippen LogP contribution is 2.42. The van der Waals surface area contributed by atoms with E-state index in [2.05, 4.69) is 16.5 Å². The minimum Gasteiger partial charge on any atom is -0.453 e. The maximum Gasteiger partial charge on any atom is 0.231 e. The molecule has 1 aromatic carbocycles. The molecule has 5 nitrogen and oxygen atoms in total. The second kappa shape index (κ2) is 5.56. The van der Waals surface area contributed by atoms with Gasteiger partial charge in [0.1, 0.15) is 0 Å². The molecular weight excluding hydrogens is 316 g/mol. The van der Waals surface area contributed by atoms with Crippen molar-refractivity contribution >= 4 is 22.8 Å². The number of aromatic nitrogens is 1. The molecule has 3 saturated heterocycles. The second-order valence-corrected chi connectivity index (χ2v) is 7.08. The van der Waals surface area contributed by atoms with Crippen molar-refractivity contribution in [2.45, 2.75) is 25.3 Å². The first-order valence-electron chi connectivity index (χ1n) is 8.88. The number of nitrogens with zero attached hydrogens (tertiary/aromatic N) is 2. The number of carbonyl (C=O) groups excluding carboxylic acids is 1. The molecule has 128 valence electrons. The summed E-state index contributed by atoms with van der Waals surface area (Å²) < 4.78 is 11.1. The van der Waals surface area contributed by atoms with Crippen LogP contribution in [-0.4, -0.2) is 41.6 Å². The summed E-state index contributed by atoms with van der Waals surface area (Å²) in [5, 5.41) is 0.828. The van der Waals surface area contributed by atoms with E-state index in [1.54, 1.807) is 12.3 Å². The van der Waals surface area contributed by atoms with Gasteiger partial charge < -0.3 is 9.47 Å². The molecule has 1 aromatic heterocycles. The third kappa shape index (κ3) is 2.19. The molecule has 2 aromatic rings. The summed E-state index contributed by atoms with van der Waals surface area (Å²) in [7, 11) is 0. The Morgan fingerprint density at radius 1 is 1.32 bits per heavy atom. The molecule has 4 aliphatic heterocycles. The molecule has 4 aliphatic rings. The molecule has 0 aliphatic carbocycles. The van der Waals surface area contributed by atoms with E-state index in [1.807, 2.05) is 12.1 Å². The van der Waals surface area contributed by atoms with Crippen molar-refractivity contribution in [1.82, 2.24) is 9.88 Å². The van der Waals surface area contributed by atoms with E-state index in [-0.39, 0.29) is 18.6 Å². The smallest absolute Gasteiger partial charge is 0.231 e. The summed E-state index contributed by atoms with van der Waals surface area (Å²) in [6.45, 7) is 6.18. The SMILES string of the molecule is C=Cc1c2c(cc3nccc(C(=O)[C@H]4CC5CCN4CC5)c13)OCO2. The van der Waals surface area contributed by atoms with E-state index in [1.165, 1.54) is 12.8 Å². The fourth-order valence-electron chi connectivity index (χ4n) is 4.53. The molecule has 0 unspecified atom stereocenters. The molecule has 5 heteroatoms.